The van der Waals surface area contributed by atoms with Crippen LogP contribution >= 0.6 is 11.6 Å². The largest absolute Gasteiger partial charge is 0.345 e. The zero-order valence-corrected chi connectivity index (χ0v) is 10.9. The van der Waals surface area contributed by atoms with Gasteiger partial charge in [-0.15, -0.1) is 11.6 Å². The predicted octanol–water partition coefficient (Wildman–Crippen LogP) is 3.28. The van der Waals surface area contributed by atoms with Crippen LogP contribution in [0, 0.1) is 6.92 Å². The van der Waals surface area contributed by atoms with Crippen molar-refractivity contribution in [3.05, 3.63) is 35.4 Å². The van der Waals surface area contributed by atoms with E-state index in [1.807, 2.05) is 31.2 Å². The average Bonchev–Trinajstić information content (AvgIpc) is 2.78. The van der Waals surface area contributed by atoms with Crippen molar-refractivity contribution in [2.24, 2.45) is 0 Å². The molecule has 2 nitrogen and oxygen atoms in total. The Hall–Kier alpha value is -1.02. The second kappa shape index (κ2) is 5.09. The van der Waals surface area contributed by atoms with Crippen molar-refractivity contribution in [2.45, 2.75) is 38.1 Å². The number of aryl methyl sites for hydroxylation is 1. The minimum Gasteiger partial charge on any atom is -0.345 e. The molecule has 2 rings (SSSR count). The Morgan fingerprint density at radius 2 is 2.12 bits per heavy atom. The average molecular weight is 252 g/mol. The van der Waals surface area contributed by atoms with E-state index in [-0.39, 0.29) is 11.4 Å². The predicted molar refractivity (Wildman–Crippen MR) is 70.6 cm³/mol. The van der Waals surface area contributed by atoms with Crippen molar-refractivity contribution in [3.63, 3.8) is 0 Å². The van der Waals surface area contributed by atoms with Gasteiger partial charge < -0.3 is 5.32 Å². The quantitative estimate of drug-likeness (QED) is 0.821. The van der Waals surface area contributed by atoms with Gasteiger partial charge >= 0.3 is 0 Å². The highest BCUT2D eigenvalue weighted by atomic mass is 35.5. The molecule has 0 aliphatic heterocycles. The van der Waals surface area contributed by atoms with Crippen molar-refractivity contribution < 1.29 is 4.79 Å². The summed E-state index contributed by atoms with van der Waals surface area (Å²) in [7, 11) is 0. The maximum Gasteiger partial charge on any atom is 0.251 e. The van der Waals surface area contributed by atoms with Gasteiger partial charge in [-0.2, -0.15) is 0 Å². The van der Waals surface area contributed by atoms with Gasteiger partial charge in [-0.3, -0.25) is 4.79 Å². The summed E-state index contributed by atoms with van der Waals surface area (Å²) in [5, 5.41) is 3.11. The highest BCUT2D eigenvalue weighted by Gasteiger charge is 2.34. The summed E-state index contributed by atoms with van der Waals surface area (Å²) < 4.78 is 0. The zero-order valence-electron chi connectivity index (χ0n) is 10.1. The molecule has 0 bridgehead atoms. The number of hydrogen-bond donors (Lipinski definition) is 1. The summed E-state index contributed by atoms with van der Waals surface area (Å²) >= 11 is 6.01. The fraction of sp³-hybridized carbons (Fsp3) is 0.500. The SMILES string of the molecule is Cc1cccc(C(=O)NC2(CCl)CCCC2)c1. The van der Waals surface area contributed by atoms with Gasteiger partial charge in [0.25, 0.3) is 5.91 Å². The van der Waals surface area contributed by atoms with E-state index in [4.69, 9.17) is 11.6 Å². The zero-order chi connectivity index (χ0) is 12.3. The number of rotatable bonds is 3. The minimum atomic E-state index is -0.178. The molecule has 0 unspecified atom stereocenters. The molecule has 92 valence electrons. The molecule has 3 heteroatoms. The summed E-state index contributed by atoms with van der Waals surface area (Å²) in [6.45, 7) is 1.99. The van der Waals surface area contributed by atoms with Gasteiger partial charge in [0.1, 0.15) is 0 Å². The molecule has 1 aliphatic rings. The molecule has 0 heterocycles. The molecule has 0 spiro atoms. The summed E-state index contributed by atoms with van der Waals surface area (Å²) in [5.74, 6) is 0.501. The lowest BCUT2D eigenvalue weighted by Gasteiger charge is -2.27. The summed E-state index contributed by atoms with van der Waals surface area (Å²) in [4.78, 5) is 12.1. The van der Waals surface area contributed by atoms with Crippen molar-refractivity contribution in [1.29, 1.82) is 0 Å². The van der Waals surface area contributed by atoms with Gasteiger partial charge in [-0.05, 0) is 31.9 Å². The molecule has 1 aromatic rings. The smallest absolute Gasteiger partial charge is 0.251 e. The second-order valence-electron chi connectivity index (χ2n) is 4.94. The molecule has 1 fully saturated rings. The van der Waals surface area contributed by atoms with E-state index in [1.54, 1.807) is 0 Å². The number of carbonyl (C=O) groups is 1. The number of hydrogen-bond acceptors (Lipinski definition) is 1. The molecule has 17 heavy (non-hydrogen) atoms. The van der Waals surface area contributed by atoms with Crippen LogP contribution in [-0.4, -0.2) is 17.3 Å². The molecule has 0 aromatic heterocycles. The van der Waals surface area contributed by atoms with Crippen LogP contribution in [0.1, 0.15) is 41.6 Å². The van der Waals surface area contributed by atoms with Crippen LogP contribution in [0.4, 0.5) is 0 Å². The Labute approximate surface area is 107 Å². The summed E-state index contributed by atoms with van der Waals surface area (Å²) in [6.07, 6.45) is 4.30. The van der Waals surface area contributed by atoms with Gasteiger partial charge in [0.15, 0.2) is 0 Å². The molecule has 1 N–H and O–H groups in total. The van der Waals surface area contributed by atoms with E-state index in [0.717, 1.165) is 36.8 Å². The van der Waals surface area contributed by atoms with Gasteiger partial charge in [0, 0.05) is 11.4 Å². The Bertz CT molecular complexity index is 410. The maximum atomic E-state index is 12.1. The Kier molecular flexibility index (Phi) is 3.72. The van der Waals surface area contributed by atoms with Gasteiger partial charge in [-0.1, -0.05) is 30.5 Å². The van der Waals surface area contributed by atoms with Gasteiger partial charge in [0.2, 0.25) is 0 Å². The number of alkyl halides is 1. The van der Waals surface area contributed by atoms with E-state index in [2.05, 4.69) is 5.32 Å². The van der Waals surface area contributed by atoms with Gasteiger partial charge in [-0.25, -0.2) is 0 Å². The Balaban J connectivity index is 2.11. The third kappa shape index (κ3) is 2.81. The lowest BCUT2D eigenvalue weighted by atomic mass is 9.99. The third-order valence-electron chi connectivity index (χ3n) is 3.48. The first kappa shape index (κ1) is 12.4. The molecular weight excluding hydrogens is 234 g/mol. The van der Waals surface area contributed by atoms with Crippen molar-refractivity contribution >= 4 is 17.5 Å². The van der Waals surface area contributed by atoms with E-state index in [9.17, 15) is 4.79 Å². The first-order valence-electron chi connectivity index (χ1n) is 6.10. The lowest BCUT2D eigenvalue weighted by molar-refractivity contribution is 0.0909. The molecule has 0 radical (unpaired) electrons. The first-order valence-corrected chi connectivity index (χ1v) is 6.64. The number of benzene rings is 1. The Morgan fingerprint density at radius 3 is 2.71 bits per heavy atom. The van der Waals surface area contributed by atoms with Crippen molar-refractivity contribution in [1.82, 2.24) is 5.32 Å². The van der Waals surface area contributed by atoms with E-state index in [1.165, 1.54) is 0 Å². The van der Waals surface area contributed by atoms with E-state index in [0.29, 0.717) is 5.88 Å². The highest BCUT2D eigenvalue weighted by Crippen LogP contribution is 2.31. The van der Waals surface area contributed by atoms with Crippen molar-refractivity contribution in [2.75, 3.05) is 5.88 Å². The summed E-state index contributed by atoms with van der Waals surface area (Å²) in [5.41, 5.74) is 1.65. The van der Waals surface area contributed by atoms with Crippen LogP contribution in [-0.2, 0) is 0 Å². The number of nitrogens with one attached hydrogen (secondary N) is 1. The molecule has 1 amide bonds. The number of halogens is 1. The van der Waals surface area contributed by atoms with Crippen LogP contribution in [0.5, 0.6) is 0 Å². The van der Waals surface area contributed by atoms with E-state index < -0.39 is 0 Å². The molecule has 0 saturated heterocycles. The normalized spacial score (nSPS) is 18.0. The fourth-order valence-electron chi connectivity index (χ4n) is 2.44. The lowest BCUT2D eigenvalue weighted by Crippen LogP contribution is -2.47. The number of amides is 1. The highest BCUT2D eigenvalue weighted by molar-refractivity contribution is 6.19. The Morgan fingerprint density at radius 1 is 1.41 bits per heavy atom. The van der Waals surface area contributed by atoms with Crippen LogP contribution in [0.2, 0.25) is 0 Å². The second-order valence-corrected chi connectivity index (χ2v) is 5.21. The number of carbonyl (C=O) groups excluding carboxylic acids is 1. The molecule has 1 saturated carbocycles. The van der Waals surface area contributed by atoms with E-state index >= 15 is 0 Å². The molecule has 1 aromatic carbocycles. The topological polar surface area (TPSA) is 29.1 Å². The van der Waals surface area contributed by atoms with Crippen molar-refractivity contribution in [3.8, 4) is 0 Å². The van der Waals surface area contributed by atoms with Gasteiger partial charge in [0.05, 0.1) is 5.54 Å². The minimum absolute atomic E-state index is 0.00347. The maximum absolute atomic E-state index is 12.1. The fourth-order valence-corrected chi connectivity index (χ4v) is 2.78. The first-order chi connectivity index (χ1) is 8.15. The molecule has 0 atom stereocenters. The van der Waals surface area contributed by atoms with Crippen LogP contribution < -0.4 is 5.32 Å². The molecular formula is C14H18ClNO. The van der Waals surface area contributed by atoms with Crippen LogP contribution in [0.15, 0.2) is 24.3 Å². The summed E-state index contributed by atoms with van der Waals surface area (Å²) in [6, 6.07) is 7.65. The molecule has 1 aliphatic carbocycles. The van der Waals surface area contributed by atoms with Crippen LogP contribution in [0.3, 0.4) is 0 Å². The monoisotopic (exact) mass is 251 g/mol. The standard InChI is InChI=1S/C14H18ClNO/c1-11-5-4-6-12(9-11)13(17)16-14(10-15)7-2-3-8-14/h4-6,9H,2-3,7-8,10H2,1H3,(H,16,17). The van der Waals surface area contributed by atoms with Crippen LogP contribution in [0.25, 0.3) is 0 Å². The third-order valence-corrected chi connectivity index (χ3v) is 3.99.